The Labute approximate surface area is 117 Å². The van der Waals surface area contributed by atoms with Crippen molar-refractivity contribution in [2.24, 2.45) is 5.84 Å². The van der Waals surface area contributed by atoms with Gasteiger partial charge in [-0.3, -0.25) is 11.3 Å². The Morgan fingerprint density at radius 3 is 2.89 bits per heavy atom. The van der Waals surface area contributed by atoms with E-state index in [4.69, 9.17) is 10.6 Å². The number of nitrogens with one attached hydrogen (secondary N) is 1. The van der Waals surface area contributed by atoms with E-state index in [0.717, 1.165) is 30.3 Å². The predicted molar refractivity (Wildman–Crippen MR) is 77.2 cm³/mol. The number of halogens is 1. The van der Waals surface area contributed by atoms with Gasteiger partial charge in [0.15, 0.2) is 0 Å². The van der Waals surface area contributed by atoms with Crippen LogP contribution in [0.25, 0.3) is 0 Å². The molecular weight excluding hydrogens is 292 g/mol. The quantitative estimate of drug-likeness (QED) is 0.649. The molecule has 18 heavy (non-hydrogen) atoms. The maximum atomic E-state index is 5.77. The summed E-state index contributed by atoms with van der Waals surface area (Å²) in [5, 5.41) is 0. The van der Waals surface area contributed by atoms with Crippen LogP contribution in [0.4, 0.5) is 0 Å². The number of hydrogen-bond donors (Lipinski definition) is 2. The van der Waals surface area contributed by atoms with Crippen molar-refractivity contribution in [1.29, 1.82) is 0 Å². The molecule has 0 amide bonds. The van der Waals surface area contributed by atoms with Crippen LogP contribution in [0.2, 0.25) is 0 Å². The van der Waals surface area contributed by atoms with Gasteiger partial charge in [-0.25, -0.2) is 0 Å². The van der Waals surface area contributed by atoms with E-state index in [-0.39, 0.29) is 6.04 Å². The Morgan fingerprint density at radius 2 is 2.22 bits per heavy atom. The van der Waals surface area contributed by atoms with E-state index < -0.39 is 0 Å². The molecule has 1 saturated heterocycles. The number of hydrazine groups is 1. The van der Waals surface area contributed by atoms with Gasteiger partial charge >= 0.3 is 0 Å². The van der Waals surface area contributed by atoms with Gasteiger partial charge in [0.25, 0.3) is 0 Å². The van der Waals surface area contributed by atoms with E-state index in [0.29, 0.717) is 6.10 Å². The Kier molecular flexibility index (Phi) is 5.63. The van der Waals surface area contributed by atoms with Gasteiger partial charge in [-0.15, -0.1) is 0 Å². The molecule has 0 spiro atoms. The molecule has 1 aromatic rings. The van der Waals surface area contributed by atoms with E-state index in [1.54, 1.807) is 0 Å². The van der Waals surface area contributed by atoms with Crippen LogP contribution in [-0.2, 0) is 11.2 Å². The monoisotopic (exact) mass is 312 g/mol. The first kappa shape index (κ1) is 14.0. The predicted octanol–water partition coefficient (Wildman–Crippen LogP) is 2.78. The lowest BCUT2D eigenvalue weighted by Crippen LogP contribution is -2.40. The molecule has 0 radical (unpaired) electrons. The molecule has 2 rings (SSSR count). The smallest absolute Gasteiger partial charge is 0.0590 e. The Balaban J connectivity index is 1.90. The molecule has 1 fully saturated rings. The molecule has 2 unspecified atom stereocenters. The topological polar surface area (TPSA) is 47.3 Å². The third kappa shape index (κ3) is 4.05. The molecule has 2 atom stereocenters. The Morgan fingerprint density at radius 1 is 1.39 bits per heavy atom. The highest BCUT2D eigenvalue weighted by Crippen LogP contribution is 2.21. The van der Waals surface area contributed by atoms with Gasteiger partial charge in [-0.1, -0.05) is 34.1 Å². The van der Waals surface area contributed by atoms with Crippen LogP contribution in [0, 0.1) is 0 Å². The molecule has 3 N–H and O–H groups in total. The van der Waals surface area contributed by atoms with Gasteiger partial charge in [0.2, 0.25) is 0 Å². The fraction of sp³-hybridized carbons (Fsp3) is 0.571. The molecule has 0 bridgehead atoms. The summed E-state index contributed by atoms with van der Waals surface area (Å²) in [6, 6.07) is 8.57. The molecular formula is C14H21BrN2O. The first-order chi connectivity index (χ1) is 8.79. The highest BCUT2D eigenvalue weighted by molar-refractivity contribution is 9.10. The van der Waals surface area contributed by atoms with Crippen molar-refractivity contribution in [3.8, 4) is 0 Å². The molecule has 1 aliphatic heterocycles. The van der Waals surface area contributed by atoms with E-state index in [1.807, 2.05) is 6.07 Å². The zero-order valence-corrected chi connectivity index (χ0v) is 12.2. The molecule has 1 aromatic carbocycles. The maximum Gasteiger partial charge on any atom is 0.0590 e. The third-order valence-corrected chi connectivity index (χ3v) is 4.25. The fourth-order valence-electron chi connectivity index (χ4n) is 2.45. The number of nitrogens with two attached hydrogens (primary N) is 1. The normalized spacial score (nSPS) is 21.8. The second-order valence-electron chi connectivity index (χ2n) is 4.88. The van der Waals surface area contributed by atoms with Crippen LogP contribution in [0.5, 0.6) is 0 Å². The summed E-state index contributed by atoms with van der Waals surface area (Å²) in [6.45, 7) is 0.900. The van der Waals surface area contributed by atoms with Crippen molar-refractivity contribution in [2.75, 3.05) is 6.61 Å². The zero-order valence-electron chi connectivity index (χ0n) is 10.6. The van der Waals surface area contributed by atoms with Gasteiger partial charge in [-0.2, -0.15) is 0 Å². The van der Waals surface area contributed by atoms with Crippen LogP contribution in [0.15, 0.2) is 28.7 Å². The standard InChI is InChI=1S/C14H21BrN2O/c15-14-7-2-1-5-11(14)9-12(17-16)10-13-6-3-4-8-18-13/h1-2,5,7,12-13,17H,3-4,6,8-10,16H2. The van der Waals surface area contributed by atoms with Crippen LogP contribution < -0.4 is 11.3 Å². The average molecular weight is 313 g/mol. The molecule has 0 aromatic heterocycles. The maximum absolute atomic E-state index is 5.77. The lowest BCUT2D eigenvalue weighted by molar-refractivity contribution is 0.00523. The van der Waals surface area contributed by atoms with Gasteiger partial charge in [0.05, 0.1) is 6.10 Å². The van der Waals surface area contributed by atoms with Crippen molar-refractivity contribution >= 4 is 15.9 Å². The van der Waals surface area contributed by atoms with E-state index >= 15 is 0 Å². The minimum atomic E-state index is 0.270. The second-order valence-corrected chi connectivity index (χ2v) is 5.74. The highest BCUT2D eigenvalue weighted by atomic mass is 79.9. The van der Waals surface area contributed by atoms with Crippen molar-refractivity contribution in [2.45, 2.75) is 44.2 Å². The Hall–Kier alpha value is -0.420. The zero-order chi connectivity index (χ0) is 12.8. The highest BCUT2D eigenvalue weighted by Gasteiger charge is 2.19. The number of benzene rings is 1. The van der Waals surface area contributed by atoms with Crippen molar-refractivity contribution in [3.63, 3.8) is 0 Å². The SMILES string of the molecule is NNC(Cc1ccccc1Br)CC1CCCCO1. The third-order valence-electron chi connectivity index (χ3n) is 3.48. The summed E-state index contributed by atoms with van der Waals surface area (Å²) in [7, 11) is 0. The summed E-state index contributed by atoms with van der Waals surface area (Å²) in [6.07, 6.45) is 5.91. The van der Waals surface area contributed by atoms with Crippen LogP contribution >= 0.6 is 15.9 Å². The molecule has 1 aliphatic rings. The second kappa shape index (κ2) is 7.24. The number of rotatable bonds is 5. The van der Waals surface area contributed by atoms with Gasteiger partial charge in [0, 0.05) is 17.1 Å². The largest absolute Gasteiger partial charge is 0.378 e. The summed E-state index contributed by atoms with van der Waals surface area (Å²) in [5.41, 5.74) is 4.21. The fourth-order valence-corrected chi connectivity index (χ4v) is 2.90. The lowest BCUT2D eigenvalue weighted by atomic mass is 9.97. The molecule has 0 aliphatic carbocycles. The van der Waals surface area contributed by atoms with Gasteiger partial charge < -0.3 is 4.74 Å². The lowest BCUT2D eigenvalue weighted by Gasteiger charge is -2.27. The first-order valence-electron chi connectivity index (χ1n) is 6.60. The van der Waals surface area contributed by atoms with E-state index in [1.165, 1.54) is 18.4 Å². The molecule has 1 heterocycles. The molecule has 0 saturated carbocycles. The average Bonchev–Trinajstić information content (AvgIpc) is 2.41. The molecule has 100 valence electrons. The molecule has 3 nitrogen and oxygen atoms in total. The minimum absolute atomic E-state index is 0.270. The van der Waals surface area contributed by atoms with Crippen molar-refractivity contribution in [1.82, 2.24) is 5.43 Å². The van der Waals surface area contributed by atoms with Gasteiger partial charge in [0.1, 0.15) is 0 Å². The summed E-state index contributed by atoms with van der Waals surface area (Å²) < 4.78 is 6.92. The summed E-state index contributed by atoms with van der Waals surface area (Å²) in [5.74, 6) is 5.67. The van der Waals surface area contributed by atoms with Crippen molar-refractivity contribution < 1.29 is 4.74 Å². The number of hydrogen-bond acceptors (Lipinski definition) is 3. The number of ether oxygens (including phenoxy) is 1. The van der Waals surface area contributed by atoms with E-state index in [9.17, 15) is 0 Å². The van der Waals surface area contributed by atoms with E-state index in [2.05, 4.69) is 39.6 Å². The van der Waals surface area contributed by atoms with Crippen LogP contribution in [0.3, 0.4) is 0 Å². The van der Waals surface area contributed by atoms with Gasteiger partial charge in [-0.05, 0) is 43.7 Å². The summed E-state index contributed by atoms with van der Waals surface area (Å²) in [4.78, 5) is 0. The molecule has 4 heteroatoms. The Bertz CT molecular complexity index is 367. The summed E-state index contributed by atoms with van der Waals surface area (Å²) >= 11 is 3.58. The van der Waals surface area contributed by atoms with Crippen LogP contribution in [-0.4, -0.2) is 18.8 Å². The first-order valence-corrected chi connectivity index (χ1v) is 7.40. The van der Waals surface area contributed by atoms with Crippen LogP contribution in [0.1, 0.15) is 31.2 Å². The minimum Gasteiger partial charge on any atom is -0.378 e. The van der Waals surface area contributed by atoms with Crippen molar-refractivity contribution in [3.05, 3.63) is 34.3 Å².